The number of ether oxygens (including phenoxy) is 2. The Kier molecular flexibility index (Phi) is 8.28. The SMILES string of the molecule is COc1ccc([I+]c2cccc(OC)c2)cc1.Cc1ccc(S(=O)(=O)[O-])cc1. The Labute approximate surface area is 176 Å². The predicted octanol–water partition coefficient (Wildman–Crippen LogP) is 0.731. The van der Waals surface area contributed by atoms with Gasteiger partial charge < -0.3 is 14.0 Å². The van der Waals surface area contributed by atoms with Gasteiger partial charge in [-0.2, -0.15) is 0 Å². The van der Waals surface area contributed by atoms with Crippen LogP contribution in [0.4, 0.5) is 0 Å². The van der Waals surface area contributed by atoms with Crippen molar-refractivity contribution in [1.82, 2.24) is 0 Å². The molecule has 148 valence electrons. The van der Waals surface area contributed by atoms with Crippen LogP contribution < -0.4 is 30.7 Å². The Hall–Kier alpha value is -2.10. The highest BCUT2D eigenvalue weighted by Crippen LogP contribution is 2.09. The summed E-state index contributed by atoms with van der Waals surface area (Å²) < 4.78 is 44.3. The zero-order valence-electron chi connectivity index (χ0n) is 15.8. The molecule has 0 atom stereocenters. The smallest absolute Gasteiger partial charge is 0.358 e. The lowest BCUT2D eigenvalue weighted by Crippen LogP contribution is -3.61. The third-order valence-electron chi connectivity index (χ3n) is 3.61. The number of aryl methyl sites for hydroxylation is 1. The van der Waals surface area contributed by atoms with Gasteiger partial charge in [-0.3, -0.25) is 0 Å². The highest BCUT2D eigenvalue weighted by Gasteiger charge is 2.15. The third kappa shape index (κ3) is 7.14. The van der Waals surface area contributed by atoms with Gasteiger partial charge in [0.05, 0.1) is 19.1 Å². The van der Waals surface area contributed by atoms with Gasteiger partial charge in [-0.15, -0.1) is 0 Å². The maximum atomic E-state index is 10.4. The van der Waals surface area contributed by atoms with Gasteiger partial charge in [-0.25, -0.2) is 8.42 Å². The van der Waals surface area contributed by atoms with E-state index in [1.54, 1.807) is 26.4 Å². The summed E-state index contributed by atoms with van der Waals surface area (Å²) in [6.45, 7) is 1.82. The molecule has 3 rings (SSSR count). The average molecular weight is 512 g/mol. The summed E-state index contributed by atoms with van der Waals surface area (Å²) in [6, 6.07) is 22.3. The Bertz CT molecular complexity index is 984. The van der Waals surface area contributed by atoms with Gasteiger partial charge in [0.25, 0.3) is 0 Å². The number of benzene rings is 3. The number of rotatable bonds is 5. The molecule has 0 N–H and O–H groups in total. The molecule has 0 saturated carbocycles. The number of halogens is 1. The highest BCUT2D eigenvalue weighted by molar-refractivity contribution is 7.85. The average Bonchev–Trinajstić information content (AvgIpc) is 2.69. The molecule has 0 unspecified atom stereocenters. The molecule has 0 amide bonds. The Morgan fingerprint density at radius 1 is 0.786 bits per heavy atom. The van der Waals surface area contributed by atoms with Crippen molar-refractivity contribution >= 4 is 10.1 Å². The van der Waals surface area contributed by atoms with Gasteiger partial charge in [-0.1, -0.05) is 23.8 Å². The van der Waals surface area contributed by atoms with Crippen molar-refractivity contribution in [2.45, 2.75) is 11.8 Å². The Morgan fingerprint density at radius 2 is 1.39 bits per heavy atom. The molecule has 0 aromatic heterocycles. The molecule has 0 fully saturated rings. The summed E-state index contributed by atoms with van der Waals surface area (Å²) in [5, 5.41) is 0. The van der Waals surface area contributed by atoms with Gasteiger partial charge in [0.2, 0.25) is 0 Å². The summed E-state index contributed by atoms with van der Waals surface area (Å²) in [7, 11) is -0.884. The van der Waals surface area contributed by atoms with E-state index >= 15 is 0 Å². The van der Waals surface area contributed by atoms with Crippen molar-refractivity contribution in [1.29, 1.82) is 0 Å². The molecule has 0 saturated heterocycles. The molecule has 0 aliphatic rings. The van der Waals surface area contributed by atoms with Crippen LogP contribution >= 0.6 is 0 Å². The first-order valence-corrected chi connectivity index (χ1v) is 11.8. The maximum Gasteiger partial charge on any atom is 0.358 e. The molecule has 28 heavy (non-hydrogen) atoms. The van der Waals surface area contributed by atoms with Crippen LogP contribution in [0.15, 0.2) is 77.7 Å². The van der Waals surface area contributed by atoms with Crippen LogP contribution in [0.2, 0.25) is 0 Å². The molecule has 7 heteroatoms. The third-order valence-corrected chi connectivity index (χ3v) is 7.09. The van der Waals surface area contributed by atoms with Crippen molar-refractivity contribution in [3.05, 3.63) is 85.5 Å². The van der Waals surface area contributed by atoms with Crippen LogP contribution in [0.5, 0.6) is 11.5 Å². The van der Waals surface area contributed by atoms with Crippen LogP contribution in [0.25, 0.3) is 0 Å². The topological polar surface area (TPSA) is 75.7 Å². The molecule has 0 aliphatic carbocycles. The van der Waals surface area contributed by atoms with E-state index in [1.807, 2.05) is 31.2 Å². The molecule has 0 bridgehead atoms. The minimum atomic E-state index is -4.27. The summed E-state index contributed by atoms with van der Waals surface area (Å²) in [5.74, 6) is 1.83. The monoisotopic (exact) mass is 512 g/mol. The second kappa shape index (κ2) is 10.4. The summed E-state index contributed by atoms with van der Waals surface area (Å²) in [4.78, 5) is -0.178. The first kappa shape index (κ1) is 22.2. The van der Waals surface area contributed by atoms with E-state index in [-0.39, 0.29) is 26.1 Å². The molecule has 3 aromatic carbocycles. The molecule has 0 aliphatic heterocycles. The lowest BCUT2D eigenvalue weighted by atomic mass is 10.2. The van der Waals surface area contributed by atoms with Crippen LogP contribution in [-0.2, 0) is 10.1 Å². The second-order valence-electron chi connectivity index (χ2n) is 5.68. The molecular weight excluding hydrogens is 491 g/mol. The fourth-order valence-electron chi connectivity index (χ4n) is 2.12. The standard InChI is InChI=1S/C14H14IO2.C7H8O3S/c1-16-13-8-6-11(7-9-13)15-12-4-3-5-14(10-12)17-2;1-6-2-4-7(5-3-6)11(8,9)10/h3-10H,1-2H3;2-5H,1H3,(H,8,9,10)/q+1;/p-1. The minimum Gasteiger partial charge on any atom is -0.744 e. The van der Waals surface area contributed by atoms with E-state index in [9.17, 15) is 13.0 Å². The van der Waals surface area contributed by atoms with Crippen molar-refractivity contribution in [2.75, 3.05) is 14.2 Å². The van der Waals surface area contributed by atoms with Crippen LogP contribution in [0, 0.1) is 14.1 Å². The summed E-state index contributed by atoms with van der Waals surface area (Å²) in [6.07, 6.45) is 0. The largest absolute Gasteiger partial charge is 0.744 e. The van der Waals surface area contributed by atoms with Crippen molar-refractivity contribution in [3.8, 4) is 11.5 Å². The summed E-state index contributed by atoms with van der Waals surface area (Å²) in [5.41, 5.74) is 0.928. The van der Waals surface area contributed by atoms with Crippen molar-refractivity contribution < 1.29 is 43.6 Å². The lowest BCUT2D eigenvalue weighted by molar-refractivity contribution is -0.597. The Balaban J connectivity index is 0.000000221. The maximum absolute atomic E-state index is 10.4. The number of hydrogen-bond donors (Lipinski definition) is 0. The fraction of sp³-hybridized carbons (Fsp3) is 0.143. The quantitative estimate of drug-likeness (QED) is 0.373. The first-order valence-electron chi connectivity index (χ1n) is 8.27. The van der Waals surface area contributed by atoms with E-state index in [0.717, 1.165) is 17.1 Å². The van der Waals surface area contributed by atoms with Crippen LogP contribution in [-0.4, -0.2) is 27.2 Å². The summed E-state index contributed by atoms with van der Waals surface area (Å²) >= 11 is -0.148. The van der Waals surface area contributed by atoms with E-state index in [1.165, 1.54) is 19.3 Å². The zero-order chi connectivity index (χ0) is 20.6. The van der Waals surface area contributed by atoms with E-state index in [0.29, 0.717) is 0 Å². The zero-order valence-corrected chi connectivity index (χ0v) is 18.7. The molecule has 0 spiro atoms. The first-order chi connectivity index (χ1) is 13.3. The van der Waals surface area contributed by atoms with Crippen LogP contribution in [0.1, 0.15) is 5.56 Å². The van der Waals surface area contributed by atoms with Gasteiger partial charge in [0.1, 0.15) is 21.6 Å². The minimum absolute atomic E-state index is 0.148. The molecular formula is C21H21IO5S. The lowest BCUT2D eigenvalue weighted by Gasteiger charge is -2.05. The fourth-order valence-corrected chi connectivity index (χ4v) is 4.88. The van der Waals surface area contributed by atoms with Crippen LogP contribution in [0.3, 0.4) is 0 Å². The highest BCUT2D eigenvalue weighted by atomic mass is 127. The molecule has 3 aromatic rings. The van der Waals surface area contributed by atoms with Crippen molar-refractivity contribution in [3.63, 3.8) is 0 Å². The van der Waals surface area contributed by atoms with E-state index < -0.39 is 10.1 Å². The number of methoxy groups -OCH3 is 2. The normalized spacial score (nSPS) is 10.6. The van der Waals surface area contributed by atoms with Gasteiger partial charge in [0, 0.05) is 6.07 Å². The van der Waals surface area contributed by atoms with E-state index in [2.05, 4.69) is 24.3 Å². The van der Waals surface area contributed by atoms with Gasteiger partial charge in [-0.05, 0) is 55.5 Å². The van der Waals surface area contributed by atoms with Gasteiger partial charge in [0.15, 0.2) is 7.14 Å². The number of hydrogen-bond acceptors (Lipinski definition) is 5. The van der Waals surface area contributed by atoms with Crippen molar-refractivity contribution in [2.24, 2.45) is 0 Å². The molecule has 0 radical (unpaired) electrons. The molecule has 5 nitrogen and oxygen atoms in total. The molecule has 0 heterocycles. The predicted molar refractivity (Wildman–Crippen MR) is 103 cm³/mol. The second-order valence-corrected chi connectivity index (χ2v) is 10.1. The van der Waals surface area contributed by atoms with Gasteiger partial charge >= 0.3 is 21.2 Å². The Morgan fingerprint density at radius 3 is 1.93 bits per heavy atom. The van der Waals surface area contributed by atoms with E-state index in [4.69, 9.17) is 9.47 Å².